The number of rotatable bonds is 5. The fourth-order valence-corrected chi connectivity index (χ4v) is 2.63. The third-order valence-corrected chi connectivity index (χ3v) is 4.08. The molecule has 2 aromatic carbocycles. The number of amides is 1. The Balaban J connectivity index is 0.00000338. The van der Waals surface area contributed by atoms with Crippen molar-refractivity contribution in [2.45, 2.75) is 6.92 Å². The first-order valence-corrected chi connectivity index (χ1v) is 8.52. The zero-order valence-corrected chi connectivity index (χ0v) is 18.8. The maximum absolute atomic E-state index is 12.0. The van der Waals surface area contributed by atoms with Gasteiger partial charge in [-0.25, -0.2) is 4.99 Å². The van der Waals surface area contributed by atoms with Gasteiger partial charge in [-0.15, -0.1) is 24.0 Å². The summed E-state index contributed by atoms with van der Waals surface area (Å²) in [5.41, 5.74) is 8.13. The second kappa shape index (κ2) is 10.6. The second-order valence-corrected chi connectivity index (χ2v) is 6.51. The van der Waals surface area contributed by atoms with Gasteiger partial charge in [0, 0.05) is 15.8 Å². The largest absolute Gasteiger partial charge is 0.495 e. The van der Waals surface area contributed by atoms with Crippen LogP contribution in [-0.2, 0) is 4.79 Å². The van der Waals surface area contributed by atoms with Gasteiger partial charge in [0.25, 0.3) is 0 Å². The maximum atomic E-state index is 12.0. The fraction of sp³-hybridized carbons (Fsp3) is 0.176. The Bertz CT molecular complexity index is 817. The van der Waals surface area contributed by atoms with E-state index in [9.17, 15) is 4.79 Å². The standard InChI is InChI=1S/C17H18BrClN4O2.HI/c1-10-3-4-11(18)7-14(10)23-16(24)9-21-17(20)22-12-5-6-15(25-2)13(19)8-12;/h3-8H,9H2,1-2H3,(H,23,24)(H3,20,21,22);1H. The highest BCUT2D eigenvalue weighted by Gasteiger charge is 2.06. The van der Waals surface area contributed by atoms with Crippen molar-refractivity contribution in [3.8, 4) is 5.75 Å². The molecule has 140 valence electrons. The number of halogens is 3. The molecular formula is C17H19BrClIN4O2. The summed E-state index contributed by atoms with van der Waals surface area (Å²) in [5, 5.41) is 6.12. The third kappa shape index (κ3) is 6.65. The summed E-state index contributed by atoms with van der Waals surface area (Å²) in [6.45, 7) is 1.81. The Hall–Kier alpha value is -1.52. The van der Waals surface area contributed by atoms with Gasteiger partial charge >= 0.3 is 0 Å². The van der Waals surface area contributed by atoms with Gasteiger partial charge in [-0.2, -0.15) is 0 Å². The molecule has 0 atom stereocenters. The van der Waals surface area contributed by atoms with Crippen LogP contribution in [-0.4, -0.2) is 25.5 Å². The van der Waals surface area contributed by atoms with Crippen LogP contribution < -0.4 is 21.1 Å². The van der Waals surface area contributed by atoms with E-state index in [2.05, 4.69) is 31.6 Å². The van der Waals surface area contributed by atoms with Gasteiger partial charge in [0.05, 0.1) is 12.1 Å². The number of benzene rings is 2. The van der Waals surface area contributed by atoms with Crippen molar-refractivity contribution >= 4 is 74.7 Å². The molecule has 2 aromatic rings. The molecule has 0 spiro atoms. The van der Waals surface area contributed by atoms with Crippen molar-refractivity contribution in [2.75, 3.05) is 24.3 Å². The first-order valence-electron chi connectivity index (χ1n) is 7.35. The van der Waals surface area contributed by atoms with Crippen LogP contribution in [0.2, 0.25) is 5.02 Å². The lowest BCUT2D eigenvalue weighted by atomic mass is 10.2. The molecular weight excluding hydrogens is 534 g/mol. The average Bonchev–Trinajstić information content (AvgIpc) is 2.56. The molecule has 6 nitrogen and oxygen atoms in total. The SMILES string of the molecule is COc1ccc(NC(N)=NCC(=O)Nc2cc(Br)ccc2C)cc1Cl.I. The highest BCUT2D eigenvalue weighted by atomic mass is 127. The van der Waals surface area contributed by atoms with Gasteiger partial charge in [-0.05, 0) is 42.8 Å². The molecule has 0 heterocycles. The van der Waals surface area contributed by atoms with Crippen molar-refractivity contribution < 1.29 is 9.53 Å². The smallest absolute Gasteiger partial charge is 0.246 e. The van der Waals surface area contributed by atoms with Crippen molar-refractivity contribution in [1.82, 2.24) is 0 Å². The van der Waals surface area contributed by atoms with Gasteiger partial charge < -0.3 is 21.1 Å². The van der Waals surface area contributed by atoms with Crippen LogP contribution >= 0.6 is 51.5 Å². The number of carbonyl (C=O) groups is 1. The van der Waals surface area contributed by atoms with E-state index in [1.807, 2.05) is 25.1 Å². The van der Waals surface area contributed by atoms with Gasteiger partial charge in [-0.3, -0.25) is 4.79 Å². The first-order chi connectivity index (χ1) is 11.9. The number of nitrogens with two attached hydrogens (primary N) is 1. The Labute approximate surface area is 182 Å². The van der Waals surface area contributed by atoms with E-state index >= 15 is 0 Å². The molecule has 2 rings (SSSR count). The number of aliphatic imine (C=N–C) groups is 1. The summed E-state index contributed by atoms with van der Waals surface area (Å²) in [6, 6.07) is 10.8. The number of anilines is 2. The highest BCUT2D eigenvalue weighted by Crippen LogP contribution is 2.27. The second-order valence-electron chi connectivity index (χ2n) is 5.18. The monoisotopic (exact) mass is 552 g/mol. The van der Waals surface area contributed by atoms with Gasteiger partial charge in [0.15, 0.2) is 5.96 Å². The number of nitrogens with zero attached hydrogens (tertiary/aromatic N) is 1. The molecule has 26 heavy (non-hydrogen) atoms. The molecule has 0 aromatic heterocycles. The molecule has 9 heteroatoms. The van der Waals surface area contributed by atoms with Crippen LogP contribution in [0.3, 0.4) is 0 Å². The number of guanidine groups is 1. The molecule has 0 unspecified atom stereocenters. The van der Waals surface area contributed by atoms with Crippen LogP contribution in [0.25, 0.3) is 0 Å². The highest BCUT2D eigenvalue weighted by molar-refractivity contribution is 14.0. The molecule has 4 N–H and O–H groups in total. The van der Waals surface area contributed by atoms with Crippen molar-refractivity contribution in [2.24, 2.45) is 10.7 Å². The minimum atomic E-state index is -0.265. The van der Waals surface area contributed by atoms with Gasteiger partial charge in [-0.1, -0.05) is 33.6 Å². The lowest BCUT2D eigenvalue weighted by molar-refractivity contribution is -0.114. The summed E-state index contributed by atoms with van der Waals surface area (Å²) >= 11 is 9.42. The van der Waals surface area contributed by atoms with Gasteiger partial charge in [0.1, 0.15) is 12.3 Å². The molecule has 0 saturated heterocycles. The molecule has 0 saturated carbocycles. The first kappa shape index (κ1) is 22.5. The van der Waals surface area contributed by atoms with E-state index in [1.54, 1.807) is 18.2 Å². The van der Waals surface area contributed by atoms with Crippen LogP contribution in [0.1, 0.15) is 5.56 Å². The van der Waals surface area contributed by atoms with Crippen LogP contribution in [0, 0.1) is 6.92 Å². The molecule has 0 bridgehead atoms. The summed E-state index contributed by atoms with van der Waals surface area (Å²) in [5.74, 6) is 0.410. The minimum absolute atomic E-state index is 0. The van der Waals surface area contributed by atoms with Crippen LogP contribution in [0.15, 0.2) is 45.9 Å². The minimum Gasteiger partial charge on any atom is -0.495 e. The Kier molecular flexibility index (Phi) is 9.17. The van der Waals surface area contributed by atoms with E-state index in [0.717, 1.165) is 15.7 Å². The van der Waals surface area contributed by atoms with Crippen molar-refractivity contribution in [1.29, 1.82) is 0 Å². The predicted octanol–water partition coefficient (Wildman–Crippen LogP) is 4.40. The Morgan fingerprint density at radius 3 is 2.65 bits per heavy atom. The maximum Gasteiger partial charge on any atom is 0.246 e. The van der Waals surface area contributed by atoms with E-state index < -0.39 is 0 Å². The van der Waals surface area contributed by atoms with E-state index in [1.165, 1.54) is 7.11 Å². The number of hydrogen-bond donors (Lipinski definition) is 3. The molecule has 0 aliphatic carbocycles. The Morgan fingerprint density at radius 1 is 1.27 bits per heavy atom. The lowest BCUT2D eigenvalue weighted by Gasteiger charge is -2.09. The average molecular weight is 554 g/mol. The summed E-state index contributed by atoms with van der Waals surface area (Å²) in [4.78, 5) is 16.0. The predicted molar refractivity (Wildman–Crippen MR) is 121 cm³/mol. The summed E-state index contributed by atoms with van der Waals surface area (Å²) in [6.07, 6.45) is 0. The molecule has 0 aliphatic heterocycles. The number of nitrogens with one attached hydrogen (secondary N) is 2. The van der Waals surface area contributed by atoms with Gasteiger partial charge in [0.2, 0.25) is 5.91 Å². The Morgan fingerprint density at radius 2 is 2.00 bits per heavy atom. The number of aryl methyl sites for hydroxylation is 1. The third-order valence-electron chi connectivity index (χ3n) is 3.29. The fourth-order valence-electron chi connectivity index (χ4n) is 2.01. The van der Waals surface area contributed by atoms with E-state index in [4.69, 9.17) is 22.1 Å². The molecule has 0 aliphatic rings. The van der Waals surface area contributed by atoms with E-state index in [-0.39, 0.29) is 42.4 Å². The number of methoxy groups -OCH3 is 1. The normalized spacial score (nSPS) is 10.7. The van der Waals surface area contributed by atoms with Crippen molar-refractivity contribution in [3.63, 3.8) is 0 Å². The summed E-state index contributed by atoms with van der Waals surface area (Å²) in [7, 11) is 1.54. The molecule has 0 radical (unpaired) electrons. The number of carbonyl (C=O) groups excluding carboxylic acids is 1. The summed E-state index contributed by atoms with van der Waals surface area (Å²) < 4.78 is 5.96. The van der Waals surface area contributed by atoms with Crippen LogP contribution in [0.4, 0.5) is 11.4 Å². The zero-order valence-electron chi connectivity index (χ0n) is 14.2. The van der Waals surface area contributed by atoms with Crippen molar-refractivity contribution in [3.05, 3.63) is 51.5 Å². The zero-order chi connectivity index (χ0) is 18.4. The van der Waals surface area contributed by atoms with Crippen LogP contribution in [0.5, 0.6) is 5.75 Å². The molecule has 1 amide bonds. The van der Waals surface area contributed by atoms with E-state index in [0.29, 0.717) is 16.5 Å². The number of ether oxygens (including phenoxy) is 1. The topological polar surface area (TPSA) is 88.7 Å². The quantitative estimate of drug-likeness (QED) is 0.291. The molecule has 0 fully saturated rings. The number of hydrogen-bond acceptors (Lipinski definition) is 3. The lowest BCUT2D eigenvalue weighted by Crippen LogP contribution is -2.25.